The minimum Gasteiger partial charge on any atom is -0.497 e. The highest BCUT2D eigenvalue weighted by Gasteiger charge is 2.29. The topological polar surface area (TPSA) is 85.7 Å². The van der Waals surface area contributed by atoms with Crippen molar-refractivity contribution < 1.29 is 19.1 Å². The number of nitrogens with zero attached hydrogens (tertiary/aromatic N) is 3. The fourth-order valence-corrected chi connectivity index (χ4v) is 5.18. The number of amides is 1. The number of hydrogen-bond acceptors (Lipinski definition) is 7. The second-order valence-corrected chi connectivity index (χ2v) is 9.39. The first kappa shape index (κ1) is 24.0. The van der Waals surface area contributed by atoms with Crippen LogP contribution in [0.2, 0.25) is 0 Å². The lowest BCUT2D eigenvalue weighted by Gasteiger charge is -2.27. The summed E-state index contributed by atoms with van der Waals surface area (Å²) < 4.78 is 12.5. The van der Waals surface area contributed by atoms with Gasteiger partial charge >= 0.3 is 5.97 Å². The molecule has 0 bridgehead atoms. The van der Waals surface area contributed by atoms with Gasteiger partial charge in [0.25, 0.3) is 0 Å². The summed E-state index contributed by atoms with van der Waals surface area (Å²) in [6.45, 7) is 6.59. The van der Waals surface area contributed by atoms with Crippen LogP contribution in [0.1, 0.15) is 46.0 Å². The molecule has 0 aliphatic carbocycles. The van der Waals surface area contributed by atoms with Gasteiger partial charge in [-0.25, -0.2) is 4.79 Å². The molecule has 1 aliphatic rings. The Morgan fingerprint density at radius 1 is 1.18 bits per heavy atom. The van der Waals surface area contributed by atoms with Crippen molar-refractivity contribution in [1.82, 2.24) is 14.7 Å². The van der Waals surface area contributed by atoms with E-state index in [2.05, 4.69) is 27.4 Å². The maximum Gasteiger partial charge on any atom is 0.359 e. The quantitative estimate of drug-likeness (QED) is 0.466. The molecule has 0 unspecified atom stereocenters. The van der Waals surface area contributed by atoms with Crippen LogP contribution < -0.4 is 10.1 Å². The zero-order valence-electron chi connectivity index (χ0n) is 19.8. The number of rotatable bonds is 9. The highest BCUT2D eigenvalue weighted by molar-refractivity contribution is 7.16. The van der Waals surface area contributed by atoms with Gasteiger partial charge in [-0.2, -0.15) is 5.10 Å². The smallest absolute Gasteiger partial charge is 0.359 e. The monoisotopic (exact) mass is 482 g/mol. The van der Waals surface area contributed by atoms with Crippen molar-refractivity contribution in [2.24, 2.45) is 0 Å². The second-order valence-electron chi connectivity index (χ2n) is 8.22. The molecule has 0 fully saturated rings. The molecule has 1 N–H and O–H groups in total. The molecular formula is C25H30N4O4S. The van der Waals surface area contributed by atoms with E-state index in [-0.39, 0.29) is 11.9 Å². The SMILES string of the molecule is CCOC(=O)c1nn(CCc2ccc(OC)cc2)c2c1CN(Cc1ccc(NC(C)=O)s1)CC2. The number of ether oxygens (including phenoxy) is 2. The maximum atomic E-state index is 12.7. The summed E-state index contributed by atoms with van der Waals surface area (Å²) in [6, 6.07) is 12.0. The zero-order chi connectivity index (χ0) is 24.1. The first-order valence-electron chi connectivity index (χ1n) is 11.4. The molecule has 4 rings (SSSR count). The molecular weight excluding hydrogens is 452 g/mol. The summed E-state index contributed by atoms with van der Waals surface area (Å²) >= 11 is 1.57. The number of esters is 1. The Balaban J connectivity index is 1.50. The summed E-state index contributed by atoms with van der Waals surface area (Å²) in [5, 5.41) is 8.36. The van der Waals surface area contributed by atoms with E-state index in [0.29, 0.717) is 25.4 Å². The molecule has 0 spiro atoms. The predicted molar refractivity (Wildman–Crippen MR) is 131 cm³/mol. The molecule has 0 atom stereocenters. The van der Waals surface area contributed by atoms with Crippen molar-refractivity contribution >= 4 is 28.2 Å². The van der Waals surface area contributed by atoms with Gasteiger partial charge in [0.05, 0.1) is 18.7 Å². The van der Waals surface area contributed by atoms with E-state index in [9.17, 15) is 9.59 Å². The molecule has 34 heavy (non-hydrogen) atoms. The van der Waals surface area contributed by atoms with Crippen molar-refractivity contribution in [3.05, 3.63) is 63.8 Å². The van der Waals surface area contributed by atoms with Crippen LogP contribution in [0.15, 0.2) is 36.4 Å². The number of carbonyl (C=O) groups is 2. The van der Waals surface area contributed by atoms with Gasteiger partial charge in [0.2, 0.25) is 5.91 Å². The number of fused-ring (bicyclic) bond motifs is 1. The standard InChI is InChI=1S/C25H30N4O4S/c1-4-33-25(31)24-21-16-28(15-20-9-10-23(34-20)26-17(2)30)13-12-22(21)29(27-24)14-11-18-5-7-19(32-3)8-6-18/h5-10H,4,11-16H2,1-3H3,(H,26,30). The molecule has 3 heterocycles. The van der Waals surface area contributed by atoms with E-state index >= 15 is 0 Å². The number of aryl methyl sites for hydroxylation is 2. The molecule has 8 nitrogen and oxygen atoms in total. The van der Waals surface area contributed by atoms with E-state index in [1.165, 1.54) is 12.5 Å². The Labute approximate surface area is 203 Å². The van der Waals surface area contributed by atoms with Gasteiger partial charge in [0.1, 0.15) is 5.75 Å². The van der Waals surface area contributed by atoms with E-state index in [0.717, 1.165) is 52.8 Å². The number of nitrogens with one attached hydrogen (secondary N) is 1. The summed E-state index contributed by atoms with van der Waals surface area (Å²) in [7, 11) is 1.66. The van der Waals surface area contributed by atoms with Gasteiger partial charge in [0.15, 0.2) is 5.69 Å². The minimum atomic E-state index is -0.368. The Kier molecular flexibility index (Phi) is 7.64. The van der Waals surface area contributed by atoms with Crippen LogP contribution in [0, 0.1) is 0 Å². The highest BCUT2D eigenvalue weighted by atomic mass is 32.1. The van der Waals surface area contributed by atoms with E-state index < -0.39 is 0 Å². The Morgan fingerprint density at radius 2 is 1.97 bits per heavy atom. The molecule has 0 radical (unpaired) electrons. The normalized spacial score (nSPS) is 13.4. The summed E-state index contributed by atoms with van der Waals surface area (Å²) in [6.07, 6.45) is 1.62. The average molecular weight is 483 g/mol. The van der Waals surface area contributed by atoms with Gasteiger partial charge < -0.3 is 14.8 Å². The first-order chi connectivity index (χ1) is 16.5. The zero-order valence-corrected chi connectivity index (χ0v) is 20.6. The number of benzene rings is 1. The van der Waals surface area contributed by atoms with Crippen molar-refractivity contribution in [2.45, 2.75) is 46.3 Å². The van der Waals surface area contributed by atoms with Crippen molar-refractivity contribution in [1.29, 1.82) is 0 Å². The van der Waals surface area contributed by atoms with Gasteiger partial charge in [-0.1, -0.05) is 12.1 Å². The lowest BCUT2D eigenvalue weighted by atomic mass is 10.0. The number of thiophene rings is 1. The van der Waals surface area contributed by atoms with Crippen LogP contribution in [0.5, 0.6) is 5.75 Å². The number of hydrogen-bond donors (Lipinski definition) is 1. The van der Waals surface area contributed by atoms with Gasteiger partial charge in [-0.05, 0) is 43.2 Å². The van der Waals surface area contributed by atoms with Crippen molar-refractivity contribution in [2.75, 3.05) is 25.6 Å². The molecule has 1 amide bonds. The third kappa shape index (κ3) is 5.66. The molecule has 3 aromatic rings. The van der Waals surface area contributed by atoms with Crippen LogP contribution in [0.25, 0.3) is 0 Å². The van der Waals surface area contributed by atoms with Crippen molar-refractivity contribution in [3.8, 4) is 5.75 Å². The average Bonchev–Trinajstić information content (AvgIpc) is 3.41. The van der Waals surface area contributed by atoms with Crippen LogP contribution in [-0.4, -0.2) is 46.8 Å². The minimum absolute atomic E-state index is 0.0721. The van der Waals surface area contributed by atoms with Gasteiger partial charge in [-0.3, -0.25) is 14.4 Å². The number of carbonyl (C=O) groups excluding carboxylic acids is 2. The number of methoxy groups -OCH3 is 1. The molecule has 180 valence electrons. The third-order valence-electron chi connectivity index (χ3n) is 5.79. The first-order valence-corrected chi connectivity index (χ1v) is 12.3. The lowest BCUT2D eigenvalue weighted by molar-refractivity contribution is -0.114. The number of anilines is 1. The summed E-state index contributed by atoms with van der Waals surface area (Å²) in [4.78, 5) is 27.5. The molecule has 0 saturated carbocycles. The molecule has 1 aromatic carbocycles. The summed E-state index contributed by atoms with van der Waals surface area (Å²) in [5.41, 5.74) is 3.67. The van der Waals surface area contributed by atoms with Crippen molar-refractivity contribution in [3.63, 3.8) is 0 Å². The molecule has 1 aliphatic heterocycles. The highest BCUT2D eigenvalue weighted by Crippen LogP contribution is 2.28. The van der Waals surface area contributed by atoms with Crippen LogP contribution in [-0.2, 0) is 42.0 Å². The third-order valence-corrected chi connectivity index (χ3v) is 6.78. The molecule has 0 saturated heterocycles. The van der Waals surface area contributed by atoms with E-state index in [4.69, 9.17) is 9.47 Å². The van der Waals surface area contributed by atoms with Crippen LogP contribution in [0.4, 0.5) is 5.00 Å². The fourth-order valence-electron chi connectivity index (χ4n) is 4.18. The Bertz CT molecular complexity index is 1150. The largest absolute Gasteiger partial charge is 0.497 e. The van der Waals surface area contributed by atoms with E-state index in [1.54, 1.807) is 25.4 Å². The van der Waals surface area contributed by atoms with Gasteiger partial charge in [0, 0.05) is 55.7 Å². The Morgan fingerprint density at radius 3 is 2.68 bits per heavy atom. The van der Waals surface area contributed by atoms with E-state index in [1.807, 2.05) is 28.9 Å². The number of aromatic nitrogens is 2. The summed E-state index contributed by atoms with van der Waals surface area (Å²) in [5.74, 6) is 0.393. The van der Waals surface area contributed by atoms with Gasteiger partial charge in [-0.15, -0.1) is 11.3 Å². The van der Waals surface area contributed by atoms with Crippen LogP contribution in [0.3, 0.4) is 0 Å². The second kappa shape index (κ2) is 10.8. The lowest BCUT2D eigenvalue weighted by Crippen LogP contribution is -2.31. The molecule has 2 aromatic heterocycles. The predicted octanol–water partition coefficient (Wildman–Crippen LogP) is 3.89. The maximum absolute atomic E-state index is 12.7. The van der Waals surface area contributed by atoms with Crippen LogP contribution >= 0.6 is 11.3 Å². The fraction of sp³-hybridized carbons (Fsp3) is 0.400. The molecule has 9 heteroatoms. The Hall–Kier alpha value is -3.17.